The summed E-state index contributed by atoms with van der Waals surface area (Å²) in [5.74, 6) is 0. The Balaban J connectivity index is -0.000000245. The molecule has 0 aromatic rings. The van der Waals surface area contributed by atoms with Gasteiger partial charge in [-0.2, -0.15) is 21.6 Å². The minimum absolute atomic E-state index is 0. The van der Waals surface area contributed by atoms with Crippen molar-refractivity contribution in [2.45, 2.75) is 5.51 Å². The first-order valence-corrected chi connectivity index (χ1v) is 2.73. The third kappa shape index (κ3) is 5.21. The summed E-state index contributed by atoms with van der Waals surface area (Å²) in [7, 11) is -5.84. The summed E-state index contributed by atoms with van der Waals surface area (Å²) in [6, 6.07) is 0. The average Bonchev–Trinajstić information content (AvgIpc) is 1.25. The van der Waals surface area contributed by atoms with Crippen LogP contribution in [0.5, 0.6) is 0 Å². The minimum atomic E-state index is -5.84. The molecule has 0 atom stereocenters. The van der Waals surface area contributed by atoms with Crippen LogP contribution in [-0.2, 0) is 32.5 Å². The van der Waals surface area contributed by atoms with Crippen LogP contribution in [0, 0.1) is 0 Å². The quantitative estimate of drug-likeness (QED) is 0.384. The van der Waals surface area contributed by atoms with E-state index in [1.165, 1.54) is 0 Å². The fraction of sp³-hybridized carbons (Fsp3) is 1.00. The maximum absolute atomic E-state index is 10.7. The molecular weight excluding hydrogens is 271 g/mol. The Kier molecular flexibility index (Phi) is 7.24. The maximum Gasteiger partial charge on any atom is 0.522 e. The van der Waals surface area contributed by atoms with Crippen LogP contribution in [0.15, 0.2) is 0 Å². The average molecular weight is 275 g/mol. The van der Waals surface area contributed by atoms with Crippen molar-refractivity contribution in [1.82, 2.24) is 6.15 Å². The van der Waals surface area contributed by atoms with Crippen molar-refractivity contribution in [1.29, 1.82) is 0 Å². The van der Waals surface area contributed by atoms with Crippen molar-refractivity contribution in [3.8, 4) is 0 Å². The van der Waals surface area contributed by atoms with Crippen molar-refractivity contribution in [3.05, 3.63) is 0 Å². The van der Waals surface area contributed by atoms with Crippen LogP contribution < -0.4 is 6.15 Å². The van der Waals surface area contributed by atoms with Crippen LogP contribution in [0.3, 0.4) is 0 Å². The molecule has 0 aromatic heterocycles. The van der Waals surface area contributed by atoms with E-state index in [0.717, 1.165) is 0 Å². The summed E-state index contributed by atoms with van der Waals surface area (Å²) >= 11 is 0. The summed E-state index contributed by atoms with van der Waals surface area (Å²) < 4.78 is 57.5. The molecule has 0 saturated carbocycles. The molecule has 0 fully saturated rings. The first kappa shape index (κ1) is 16.8. The van der Waals surface area contributed by atoms with Crippen LogP contribution in [0.25, 0.3) is 0 Å². The zero-order valence-corrected chi connectivity index (χ0v) is 6.61. The minimum Gasteiger partial charge on any atom is -0.344 e. The fourth-order valence-electron chi connectivity index (χ4n) is 0. The second kappa shape index (κ2) is 4.31. The van der Waals surface area contributed by atoms with Gasteiger partial charge >= 0.3 is 15.6 Å². The molecule has 0 aliphatic carbocycles. The number of hydrogen-bond donors (Lipinski definition) is 2. The van der Waals surface area contributed by atoms with Crippen molar-refractivity contribution in [2.24, 2.45) is 0 Å². The topological polar surface area (TPSA) is 89.4 Å². The maximum atomic E-state index is 10.7. The van der Waals surface area contributed by atoms with Crippen molar-refractivity contribution >= 4 is 10.1 Å². The third-order valence-electron chi connectivity index (χ3n) is 0.292. The number of alkyl halides is 3. The summed E-state index contributed by atoms with van der Waals surface area (Å²) in [5.41, 5.74) is -5.53. The van der Waals surface area contributed by atoms with Gasteiger partial charge in [0.25, 0.3) is 0 Å². The van der Waals surface area contributed by atoms with E-state index in [4.69, 9.17) is 13.0 Å². The molecule has 4 nitrogen and oxygen atoms in total. The number of rotatable bonds is 0. The Hall–Kier alpha value is 0.400. The molecule has 0 aliphatic rings. The zero-order valence-electron chi connectivity index (χ0n) is 4.31. The van der Waals surface area contributed by atoms with Crippen LogP contribution >= 0.6 is 0 Å². The van der Waals surface area contributed by atoms with Crippen LogP contribution in [0.2, 0.25) is 0 Å². The Morgan fingerprint density at radius 3 is 1.30 bits per heavy atom. The molecule has 0 aromatic carbocycles. The summed E-state index contributed by atoms with van der Waals surface area (Å²) in [6.07, 6.45) is 0. The van der Waals surface area contributed by atoms with Crippen LogP contribution in [-0.4, -0.2) is 18.5 Å². The van der Waals surface area contributed by atoms with E-state index in [-0.39, 0.29) is 28.5 Å². The molecule has 0 aliphatic heterocycles. The van der Waals surface area contributed by atoms with E-state index >= 15 is 0 Å². The monoisotopic (exact) mass is 274 g/mol. The fourth-order valence-corrected chi connectivity index (χ4v) is 0. The van der Waals surface area contributed by atoms with Crippen molar-refractivity contribution in [2.75, 3.05) is 0 Å². The van der Waals surface area contributed by atoms with Crippen molar-refractivity contribution < 1.29 is 48.5 Å². The first-order chi connectivity index (χ1) is 3.25. The summed E-state index contributed by atoms with van der Waals surface area (Å²) in [5, 5.41) is 0. The van der Waals surface area contributed by atoms with Gasteiger partial charge in [-0.15, -0.1) is 0 Å². The molecule has 0 spiro atoms. The van der Waals surface area contributed by atoms with Gasteiger partial charge in [-0.05, 0) is 0 Å². The second-order valence-corrected chi connectivity index (χ2v) is 2.33. The molecule has 1 radical (unpaired) electrons. The van der Waals surface area contributed by atoms with E-state index in [1.807, 2.05) is 0 Å². The van der Waals surface area contributed by atoms with Gasteiger partial charge in [0, 0.05) is 22.4 Å². The molecule has 0 saturated heterocycles. The smallest absolute Gasteiger partial charge is 0.344 e. The Morgan fingerprint density at radius 2 is 1.30 bits per heavy atom. The third-order valence-corrected chi connectivity index (χ3v) is 0.877. The predicted molar refractivity (Wildman–Crippen MR) is 22.6 cm³/mol. The Labute approximate surface area is 70.6 Å². The van der Waals surface area contributed by atoms with Crippen LogP contribution in [0.1, 0.15) is 0 Å². The van der Waals surface area contributed by atoms with E-state index in [1.54, 1.807) is 0 Å². The van der Waals surface area contributed by atoms with Gasteiger partial charge in [-0.25, -0.2) is 0 Å². The van der Waals surface area contributed by atoms with Gasteiger partial charge in [0.2, 0.25) is 0 Å². The molecule has 0 unspecified atom stereocenters. The van der Waals surface area contributed by atoms with Crippen molar-refractivity contribution in [3.63, 3.8) is 0 Å². The molecule has 9 heteroatoms. The normalized spacial score (nSPS) is 11.2. The van der Waals surface area contributed by atoms with E-state index < -0.39 is 15.6 Å². The predicted octanol–water partition coefficient (Wildman–Crippen LogP) is 0.554. The zero-order chi connectivity index (χ0) is 7.00. The molecule has 4 N–H and O–H groups in total. The van der Waals surface area contributed by atoms with E-state index in [2.05, 4.69) is 0 Å². The van der Waals surface area contributed by atoms with Gasteiger partial charge < -0.3 is 6.15 Å². The number of halogens is 3. The molecule has 69 valence electrons. The summed E-state index contributed by atoms with van der Waals surface area (Å²) in [6.45, 7) is 0. The molecular formula is CH4AgF3NO3S. The van der Waals surface area contributed by atoms with Crippen LogP contribution in [0.4, 0.5) is 13.2 Å². The molecule has 0 rings (SSSR count). The van der Waals surface area contributed by atoms with Gasteiger partial charge in [0.15, 0.2) is 0 Å². The van der Waals surface area contributed by atoms with Gasteiger partial charge in [0.1, 0.15) is 0 Å². The largest absolute Gasteiger partial charge is 0.522 e. The SMILES string of the molecule is N.O=S(=O)(O)C(F)(F)F.[Ag]. The standard InChI is InChI=1S/CHF3O3S.Ag.H3N/c2-1(3,4)8(5,6)7;;/h(H,5,6,7);;1H3. The molecule has 0 bridgehead atoms. The van der Waals surface area contributed by atoms with Gasteiger partial charge in [-0.1, -0.05) is 0 Å². The molecule has 10 heavy (non-hydrogen) atoms. The van der Waals surface area contributed by atoms with E-state index in [0.29, 0.717) is 0 Å². The second-order valence-electron chi connectivity index (χ2n) is 0.921. The van der Waals surface area contributed by atoms with Gasteiger partial charge in [-0.3, -0.25) is 4.55 Å². The molecule has 0 heterocycles. The Bertz CT molecular complexity index is 173. The molecule has 0 amide bonds. The first-order valence-electron chi connectivity index (χ1n) is 1.29. The van der Waals surface area contributed by atoms with E-state index in [9.17, 15) is 13.2 Å². The summed E-state index contributed by atoms with van der Waals surface area (Å²) in [4.78, 5) is 0. The Morgan fingerprint density at radius 1 is 1.20 bits per heavy atom. The van der Waals surface area contributed by atoms with Gasteiger partial charge in [0.05, 0.1) is 0 Å². The number of hydrogen-bond acceptors (Lipinski definition) is 3.